The molecule has 0 bridgehead atoms. The van der Waals surface area contributed by atoms with Crippen molar-refractivity contribution in [3.05, 3.63) is 4.88 Å². The Morgan fingerprint density at radius 2 is 2.10 bits per heavy atom. The molecule has 0 spiro atoms. The van der Waals surface area contributed by atoms with Gasteiger partial charge >= 0.3 is 0 Å². The molecular formula is C14H23N5OS. The molecule has 1 amide bonds. The number of piperidine rings is 1. The second-order valence-corrected chi connectivity index (χ2v) is 6.96. The highest BCUT2D eigenvalue weighted by atomic mass is 32.1. The van der Waals surface area contributed by atoms with E-state index < -0.39 is 0 Å². The molecule has 0 radical (unpaired) electrons. The zero-order valence-corrected chi connectivity index (χ0v) is 13.3. The molecule has 1 unspecified atom stereocenters. The summed E-state index contributed by atoms with van der Waals surface area (Å²) in [5.74, 6) is 0.291. The number of thiazole rings is 1. The molecule has 1 aromatic heterocycles. The van der Waals surface area contributed by atoms with Crippen molar-refractivity contribution in [2.75, 3.05) is 43.9 Å². The van der Waals surface area contributed by atoms with E-state index in [9.17, 15) is 4.79 Å². The van der Waals surface area contributed by atoms with Gasteiger partial charge in [-0.3, -0.25) is 4.79 Å². The van der Waals surface area contributed by atoms with Crippen LogP contribution in [-0.4, -0.2) is 55.1 Å². The predicted octanol–water partition coefficient (Wildman–Crippen LogP) is 1.15. The number of carbonyl (C=O) groups is 1. The topological polar surface area (TPSA) is 74.5 Å². The molecular weight excluding hydrogens is 286 g/mol. The van der Waals surface area contributed by atoms with Crippen molar-refractivity contribution in [1.82, 2.24) is 15.2 Å². The molecule has 0 aromatic carbocycles. The van der Waals surface area contributed by atoms with Gasteiger partial charge in [0.2, 0.25) is 0 Å². The Bertz CT molecular complexity index is 511. The van der Waals surface area contributed by atoms with Gasteiger partial charge in [-0.05, 0) is 39.3 Å². The predicted molar refractivity (Wildman–Crippen MR) is 86.0 cm³/mol. The van der Waals surface area contributed by atoms with E-state index in [1.165, 1.54) is 24.2 Å². The number of hydrogen-bond donors (Lipinski definition) is 2. The monoisotopic (exact) mass is 309 g/mol. The molecule has 2 fully saturated rings. The van der Waals surface area contributed by atoms with E-state index in [0.29, 0.717) is 10.7 Å². The Kier molecular flexibility index (Phi) is 4.30. The third-order valence-corrected chi connectivity index (χ3v) is 5.32. The van der Waals surface area contributed by atoms with Crippen LogP contribution >= 0.6 is 11.3 Å². The number of aromatic nitrogens is 1. The van der Waals surface area contributed by atoms with E-state index in [1.807, 2.05) is 0 Å². The lowest BCUT2D eigenvalue weighted by atomic mass is 10.1. The van der Waals surface area contributed by atoms with Crippen LogP contribution < -0.4 is 16.0 Å². The number of carbonyl (C=O) groups excluding carboxylic acids is 1. The van der Waals surface area contributed by atoms with Gasteiger partial charge in [0.1, 0.15) is 10.7 Å². The standard InChI is InChI=1S/C14H23N5OS/c1-18-6-4-5-10(9-18)16-13(20)11-12(15)17-14(21-11)19-7-2-3-8-19/h10H,2-9,15H2,1H3,(H,16,20). The molecule has 21 heavy (non-hydrogen) atoms. The minimum absolute atomic E-state index is 0.0734. The summed E-state index contributed by atoms with van der Waals surface area (Å²) in [7, 11) is 2.09. The van der Waals surface area contributed by atoms with Crippen LogP contribution in [-0.2, 0) is 0 Å². The van der Waals surface area contributed by atoms with Crippen molar-refractivity contribution in [2.45, 2.75) is 31.7 Å². The Balaban J connectivity index is 1.66. The van der Waals surface area contributed by atoms with E-state index in [0.717, 1.165) is 44.2 Å². The number of amides is 1. The first-order chi connectivity index (χ1) is 10.1. The van der Waals surface area contributed by atoms with Gasteiger partial charge in [-0.25, -0.2) is 4.98 Å². The molecule has 2 saturated heterocycles. The Morgan fingerprint density at radius 1 is 1.33 bits per heavy atom. The Labute approximate surface area is 129 Å². The fraction of sp³-hybridized carbons (Fsp3) is 0.714. The van der Waals surface area contributed by atoms with Crippen molar-refractivity contribution >= 4 is 28.2 Å². The average Bonchev–Trinajstić information content (AvgIpc) is 3.07. The van der Waals surface area contributed by atoms with Crippen LogP contribution in [0.2, 0.25) is 0 Å². The summed E-state index contributed by atoms with van der Waals surface area (Å²) >= 11 is 1.42. The molecule has 1 aromatic rings. The highest BCUT2D eigenvalue weighted by Gasteiger charge is 2.24. The summed E-state index contributed by atoms with van der Waals surface area (Å²) in [6.07, 6.45) is 4.54. The molecule has 7 heteroatoms. The van der Waals surface area contributed by atoms with E-state index in [4.69, 9.17) is 5.73 Å². The van der Waals surface area contributed by atoms with Gasteiger partial charge in [-0.2, -0.15) is 0 Å². The number of nitrogens with two attached hydrogens (primary N) is 1. The van der Waals surface area contributed by atoms with Gasteiger partial charge in [-0.1, -0.05) is 11.3 Å². The number of anilines is 2. The summed E-state index contributed by atoms with van der Waals surface area (Å²) in [6.45, 7) is 4.04. The van der Waals surface area contributed by atoms with Crippen LogP contribution in [0.15, 0.2) is 0 Å². The summed E-state index contributed by atoms with van der Waals surface area (Å²) < 4.78 is 0. The normalized spacial score (nSPS) is 23.5. The zero-order valence-electron chi connectivity index (χ0n) is 12.5. The average molecular weight is 309 g/mol. The first kappa shape index (κ1) is 14.6. The third-order valence-electron chi connectivity index (χ3n) is 4.18. The minimum atomic E-state index is -0.0734. The molecule has 6 nitrogen and oxygen atoms in total. The number of rotatable bonds is 3. The van der Waals surface area contributed by atoms with Gasteiger partial charge < -0.3 is 20.9 Å². The SMILES string of the molecule is CN1CCCC(NC(=O)c2sc(N3CCCC3)nc2N)C1. The van der Waals surface area contributed by atoms with E-state index in [2.05, 4.69) is 27.1 Å². The lowest BCUT2D eigenvalue weighted by Crippen LogP contribution is -2.46. The number of hydrogen-bond acceptors (Lipinski definition) is 6. The van der Waals surface area contributed by atoms with Crippen LogP contribution in [0.25, 0.3) is 0 Å². The van der Waals surface area contributed by atoms with Gasteiger partial charge in [0.05, 0.1) is 0 Å². The molecule has 2 aliphatic rings. The second kappa shape index (κ2) is 6.19. The highest BCUT2D eigenvalue weighted by Crippen LogP contribution is 2.30. The van der Waals surface area contributed by atoms with Crippen LogP contribution in [0.3, 0.4) is 0 Å². The van der Waals surface area contributed by atoms with Crippen LogP contribution in [0, 0.1) is 0 Å². The number of nitrogens with one attached hydrogen (secondary N) is 1. The summed E-state index contributed by atoms with van der Waals surface area (Å²) in [5, 5.41) is 3.99. The summed E-state index contributed by atoms with van der Waals surface area (Å²) in [4.78, 5) is 21.8. The maximum atomic E-state index is 12.4. The Hall–Kier alpha value is -1.34. The molecule has 3 rings (SSSR count). The number of nitrogen functional groups attached to an aromatic ring is 1. The van der Waals surface area contributed by atoms with E-state index >= 15 is 0 Å². The first-order valence-corrected chi connectivity index (χ1v) is 8.46. The quantitative estimate of drug-likeness (QED) is 0.876. The molecule has 1 atom stereocenters. The van der Waals surface area contributed by atoms with Crippen molar-refractivity contribution in [3.8, 4) is 0 Å². The van der Waals surface area contributed by atoms with Gasteiger partial charge in [-0.15, -0.1) is 0 Å². The summed E-state index contributed by atoms with van der Waals surface area (Å²) in [6, 6.07) is 0.216. The zero-order chi connectivity index (χ0) is 14.8. The second-order valence-electron chi connectivity index (χ2n) is 5.98. The number of likely N-dealkylation sites (tertiary alicyclic amines) is 1. The largest absolute Gasteiger partial charge is 0.382 e. The molecule has 0 saturated carbocycles. The van der Waals surface area contributed by atoms with Crippen molar-refractivity contribution in [2.24, 2.45) is 0 Å². The maximum Gasteiger partial charge on any atom is 0.265 e. The number of likely N-dealkylation sites (N-methyl/N-ethyl adjacent to an activating group) is 1. The maximum absolute atomic E-state index is 12.4. The molecule has 2 aliphatic heterocycles. The summed E-state index contributed by atoms with van der Waals surface area (Å²) in [5.41, 5.74) is 5.94. The fourth-order valence-electron chi connectivity index (χ4n) is 3.06. The van der Waals surface area contributed by atoms with E-state index in [-0.39, 0.29) is 11.9 Å². The Morgan fingerprint density at radius 3 is 2.81 bits per heavy atom. The molecule has 116 valence electrons. The van der Waals surface area contributed by atoms with Crippen LogP contribution in [0.5, 0.6) is 0 Å². The third kappa shape index (κ3) is 3.29. The minimum Gasteiger partial charge on any atom is -0.382 e. The van der Waals surface area contributed by atoms with Crippen LogP contribution in [0.4, 0.5) is 10.9 Å². The molecule has 3 N–H and O–H groups in total. The van der Waals surface area contributed by atoms with Gasteiger partial charge in [0, 0.05) is 25.7 Å². The highest BCUT2D eigenvalue weighted by molar-refractivity contribution is 7.18. The smallest absolute Gasteiger partial charge is 0.265 e. The fourth-order valence-corrected chi connectivity index (χ4v) is 4.00. The lowest BCUT2D eigenvalue weighted by molar-refractivity contribution is 0.0917. The molecule has 3 heterocycles. The van der Waals surface area contributed by atoms with Crippen molar-refractivity contribution in [1.29, 1.82) is 0 Å². The van der Waals surface area contributed by atoms with Gasteiger partial charge in [0.25, 0.3) is 5.91 Å². The first-order valence-electron chi connectivity index (χ1n) is 7.64. The van der Waals surface area contributed by atoms with Crippen molar-refractivity contribution in [3.63, 3.8) is 0 Å². The molecule has 0 aliphatic carbocycles. The number of nitrogens with zero attached hydrogens (tertiary/aromatic N) is 3. The lowest BCUT2D eigenvalue weighted by Gasteiger charge is -2.30. The van der Waals surface area contributed by atoms with E-state index in [1.54, 1.807) is 0 Å². The van der Waals surface area contributed by atoms with Crippen molar-refractivity contribution < 1.29 is 4.79 Å². The van der Waals surface area contributed by atoms with Gasteiger partial charge in [0.15, 0.2) is 5.13 Å². The van der Waals surface area contributed by atoms with Crippen LogP contribution in [0.1, 0.15) is 35.4 Å².